The minimum absolute atomic E-state index is 0.270. The van der Waals surface area contributed by atoms with Crippen LogP contribution in [0, 0.1) is 0 Å². The molecule has 4 nitrogen and oxygen atoms in total. The third-order valence-electron chi connectivity index (χ3n) is 1.80. The molecule has 1 unspecified atom stereocenters. The first-order valence-electron chi connectivity index (χ1n) is 4.78. The lowest BCUT2D eigenvalue weighted by atomic mass is 10.2. The van der Waals surface area contributed by atoms with E-state index in [0.29, 0.717) is 19.1 Å². The number of hydrogen-bond donors (Lipinski definition) is 2. The van der Waals surface area contributed by atoms with Crippen molar-refractivity contribution in [2.45, 2.75) is 45.6 Å². The zero-order valence-electron chi connectivity index (χ0n) is 8.49. The number of nitrogens with zero attached hydrogens (tertiary/aromatic N) is 1. The van der Waals surface area contributed by atoms with Crippen molar-refractivity contribution < 1.29 is 9.94 Å². The number of nitrogens with two attached hydrogens (primary N) is 1. The summed E-state index contributed by atoms with van der Waals surface area (Å²) >= 11 is 0. The summed E-state index contributed by atoms with van der Waals surface area (Å²) < 4.78 is 5.49. The molecule has 0 saturated heterocycles. The number of hydrogen-bond acceptors (Lipinski definition) is 3. The Morgan fingerprint density at radius 1 is 1.62 bits per heavy atom. The van der Waals surface area contributed by atoms with Gasteiger partial charge in [-0.25, -0.2) is 0 Å². The van der Waals surface area contributed by atoms with Crippen LogP contribution in [-0.4, -0.2) is 23.8 Å². The summed E-state index contributed by atoms with van der Waals surface area (Å²) in [7, 11) is 0. The smallest absolute Gasteiger partial charge is 0.139 e. The molecule has 4 heteroatoms. The second-order valence-corrected chi connectivity index (χ2v) is 3.16. The molecule has 0 saturated carbocycles. The van der Waals surface area contributed by atoms with Gasteiger partial charge in [-0.1, -0.05) is 18.5 Å². The van der Waals surface area contributed by atoms with E-state index >= 15 is 0 Å². The van der Waals surface area contributed by atoms with Crippen molar-refractivity contribution in [1.29, 1.82) is 0 Å². The Morgan fingerprint density at radius 2 is 2.31 bits per heavy atom. The van der Waals surface area contributed by atoms with Crippen LogP contribution in [0.1, 0.15) is 39.5 Å². The molecule has 0 aliphatic rings. The number of oxime groups is 1. The Bertz CT molecular complexity index is 149. The Labute approximate surface area is 79.8 Å². The highest BCUT2D eigenvalue weighted by atomic mass is 16.5. The Kier molecular flexibility index (Phi) is 7.39. The van der Waals surface area contributed by atoms with Gasteiger partial charge in [-0.3, -0.25) is 0 Å². The average Bonchev–Trinajstić information content (AvgIpc) is 2.12. The van der Waals surface area contributed by atoms with Crippen LogP contribution in [0.5, 0.6) is 0 Å². The molecular formula is C9H20N2O2. The molecule has 1 atom stereocenters. The van der Waals surface area contributed by atoms with Crippen LogP contribution in [0.4, 0.5) is 0 Å². The lowest BCUT2D eigenvalue weighted by Crippen LogP contribution is -2.14. The van der Waals surface area contributed by atoms with E-state index < -0.39 is 0 Å². The van der Waals surface area contributed by atoms with E-state index in [-0.39, 0.29) is 5.84 Å². The zero-order chi connectivity index (χ0) is 10.1. The van der Waals surface area contributed by atoms with Gasteiger partial charge in [0, 0.05) is 13.0 Å². The Morgan fingerprint density at radius 3 is 2.85 bits per heavy atom. The summed E-state index contributed by atoms with van der Waals surface area (Å²) in [6.07, 6.45) is 3.95. The van der Waals surface area contributed by atoms with Gasteiger partial charge in [0.05, 0.1) is 6.10 Å². The third kappa shape index (κ3) is 7.59. The van der Waals surface area contributed by atoms with E-state index in [1.807, 2.05) is 0 Å². The quantitative estimate of drug-likeness (QED) is 0.210. The summed E-state index contributed by atoms with van der Waals surface area (Å²) in [6.45, 7) is 4.88. The van der Waals surface area contributed by atoms with Crippen molar-refractivity contribution in [2.24, 2.45) is 10.9 Å². The molecule has 0 amide bonds. The predicted octanol–water partition coefficient (Wildman–Crippen LogP) is 1.72. The fourth-order valence-corrected chi connectivity index (χ4v) is 1.08. The van der Waals surface area contributed by atoms with Crippen LogP contribution in [0.3, 0.4) is 0 Å². The fourth-order valence-electron chi connectivity index (χ4n) is 1.08. The first kappa shape index (κ1) is 12.2. The lowest BCUT2D eigenvalue weighted by Gasteiger charge is -2.10. The Hall–Kier alpha value is -0.770. The summed E-state index contributed by atoms with van der Waals surface area (Å²) in [5.41, 5.74) is 5.29. The molecule has 0 rings (SSSR count). The van der Waals surface area contributed by atoms with Crippen molar-refractivity contribution in [2.75, 3.05) is 6.61 Å². The Balaban J connectivity index is 3.25. The van der Waals surface area contributed by atoms with Gasteiger partial charge in [0.2, 0.25) is 0 Å². The number of amidine groups is 1. The average molecular weight is 188 g/mol. The monoisotopic (exact) mass is 188 g/mol. The first-order valence-corrected chi connectivity index (χ1v) is 4.78. The molecule has 0 heterocycles. The summed E-state index contributed by atoms with van der Waals surface area (Å²) in [5.74, 6) is 0.270. The van der Waals surface area contributed by atoms with Crippen LogP contribution < -0.4 is 5.73 Å². The van der Waals surface area contributed by atoms with Crippen molar-refractivity contribution >= 4 is 5.84 Å². The van der Waals surface area contributed by atoms with Crippen LogP contribution in [-0.2, 0) is 4.74 Å². The van der Waals surface area contributed by atoms with Gasteiger partial charge in [-0.15, -0.1) is 0 Å². The van der Waals surface area contributed by atoms with Gasteiger partial charge in [-0.05, 0) is 19.8 Å². The molecule has 78 valence electrons. The predicted molar refractivity (Wildman–Crippen MR) is 53.0 cm³/mol. The van der Waals surface area contributed by atoms with E-state index in [1.165, 1.54) is 0 Å². The molecule has 0 aromatic carbocycles. The van der Waals surface area contributed by atoms with Crippen LogP contribution >= 0.6 is 0 Å². The van der Waals surface area contributed by atoms with Gasteiger partial charge >= 0.3 is 0 Å². The van der Waals surface area contributed by atoms with Crippen molar-refractivity contribution in [3.8, 4) is 0 Å². The van der Waals surface area contributed by atoms with Gasteiger partial charge < -0.3 is 15.7 Å². The minimum atomic E-state index is 0.270. The highest BCUT2D eigenvalue weighted by Crippen LogP contribution is 2.02. The third-order valence-corrected chi connectivity index (χ3v) is 1.80. The molecule has 0 aliphatic heterocycles. The lowest BCUT2D eigenvalue weighted by molar-refractivity contribution is 0.0590. The fraction of sp³-hybridized carbons (Fsp3) is 0.889. The molecule has 0 radical (unpaired) electrons. The summed E-state index contributed by atoms with van der Waals surface area (Å²) in [4.78, 5) is 0. The maximum atomic E-state index is 8.25. The summed E-state index contributed by atoms with van der Waals surface area (Å²) in [5, 5.41) is 11.1. The molecule has 0 spiro atoms. The van der Waals surface area contributed by atoms with Crippen LogP contribution in [0.2, 0.25) is 0 Å². The maximum Gasteiger partial charge on any atom is 0.139 e. The standard InChI is InChI=1S/C9H20N2O2/c1-3-5-8(2)13-7-4-6-9(10)11-12/h8,12H,3-7H2,1-2H3,(H2,10,11). The highest BCUT2D eigenvalue weighted by molar-refractivity contribution is 5.79. The number of ether oxygens (including phenoxy) is 1. The van der Waals surface area contributed by atoms with Gasteiger partial charge in [0.1, 0.15) is 5.84 Å². The topological polar surface area (TPSA) is 67.8 Å². The highest BCUT2D eigenvalue weighted by Gasteiger charge is 2.00. The van der Waals surface area contributed by atoms with E-state index in [1.54, 1.807) is 0 Å². The van der Waals surface area contributed by atoms with E-state index in [0.717, 1.165) is 19.3 Å². The molecule has 0 aromatic rings. The van der Waals surface area contributed by atoms with Gasteiger partial charge in [0.15, 0.2) is 0 Å². The largest absolute Gasteiger partial charge is 0.409 e. The second-order valence-electron chi connectivity index (χ2n) is 3.16. The zero-order valence-corrected chi connectivity index (χ0v) is 8.49. The van der Waals surface area contributed by atoms with Crippen molar-refractivity contribution in [3.63, 3.8) is 0 Å². The molecule has 13 heavy (non-hydrogen) atoms. The summed E-state index contributed by atoms with van der Waals surface area (Å²) in [6, 6.07) is 0. The van der Waals surface area contributed by atoms with E-state index in [2.05, 4.69) is 19.0 Å². The minimum Gasteiger partial charge on any atom is -0.409 e. The molecule has 0 bridgehead atoms. The van der Waals surface area contributed by atoms with Crippen molar-refractivity contribution in [1.82, 2.24) is 0 Å². The van der Waals surface area contributed by atoms with E-state index in [4.69, 9.17) is 15.7 Å². The molecule has 0 fully saturated rings. The normalized spacial score (nSPS) is 14.5. The van der Waals surface area contributed by atoms with Crippen molar-refractivity contribution in [3.05, 3.63) is 0 Å². The molecule has 3 N–H and O–H groups in total. The van der Waals surface area contributed by atoms with Gasteiger partial charge in [0.25, 0.3) is 0 Å². The molecular weight excluding hydrogens is 168 g/mol. The first-order chi connectivity index (χ1) is 6.20. The van der Waals surface area contributed by atoms with Crippen LogP contribution in [0.25, 0.3) is 0 Å². The number of rotatable bonds is 7. The van der Waals surface area contributed by atoms with Crippen LogP contribution in [0.15, 0.2) is 5.16 Å². The van der Waals surface area contributed by atoms with E-state index in [9.17, 15) is 0 Å². The van der Waals surface area contributed by atoms with Gasteiger partial charge in [-0.2, -0.15) is 0 Å². The molecule has 0 aliphatic carbocycles. The second kappa shape index (κ2) is 7.86. The SMILES string of the molecule is CCCC(C)OCCCC(N)=NO. The molecule has 0 aromatic heterocycles. The maximum absolute atomic E-state index is 8.25.